The van der Waals surface area contributed by atoms with Gasteiger partial charge in [-0.25, -0.2) is 9.82 Å². The minimum Gasteiger partial charge on any atom is -0.493 e. The molecule has 0 bridgehead atoms. The van der Waals surface area contributed by atoms with E-state index in [2.05, 4.69) is 20.7 Å². The molecule has 3 rings (SSSR count). The zero-order valence-electron chi connectivity index (χ0n) is 14.7. The van der Waals surface area contributed by atoms with Crippen LogP contribution in [0.25, 0.3) is 11.3 Å². The number of carbonyl (C=O) groups is 1. The summed E-state index contributed by atoms with van der Waals surface area (Å²) in [6.07, 6.45) is 1.42. The van der Waals surface area contributed by atoms with Crippen LogP contribution in [-0.2, 0) is 0 Å². The van der Waals surface area contributed by atoms with E-state index in [0.717, 1.165) is 5.56 Å². The van der Waals surface area contributed by atoms with Crippen LogP contribution in [0.2, 0.25) is 0 Å². The van der Waals surface area contributed by atoms with E-state index in [4.69, 9.17) is 9.47 Å². The Labute approximate surface area is 154 Å². The lowest BCUT2D eigenvalue weighted by atomic mass is 10.1. The molecule has 7 nitrogen and oxygen atoms in total. The highest BCUT2D eigenvalue weighted by molar-refractivity contribution is 5.94. The number of aromatic nitrogens is 2. The summed E-state index contributed by atoms with van der Waals surface area (Å²) in [6, 6.07) is 12.7. The number of amides is 1. The van der Waals surface area contributed by atoms with Gasteiger partial charge in [-0.1, -0.05) is 12.1 Å². The molecule has 0 unspecified atom stereocenters. The average Bonchev–Trinajstić information content (AvgIpc) is 3.19. The molecular weight excluding hydrogens is 351 g/mol. The normalized spacial score (nSPS) is 10.8. The maximum atomic E-state index is 12.9. The highest BCUT2D eigenvalue weighted by Crippen LogP contribution is 2.31. The number of methoxy groups -OCH3 is 2. The molecular formula is C19H17FN4O3. The summed E-state index contributed by atoms with van der Waals surface area (Å²) in [5, 5.41) is 10.7. The van der Waals surface area contributed by atoms with Gasteiger partial charge >= 0.3 is 0 Å². The first kappa shape index (κ1) is 18.1. The number of rotatable bonds is 6. The lowest BCUT2D eigenvalue weighted by Gasteiger charge is -2.08. The summed E-state index contributed by atoms with van der Waals surface area (Å²) in [7, 11) is 3.10. The van der Waals surface area contributed by atoms with E-state index in [1.54, 1.807) is 44.6 Å². The quantitative estimate of drug-likeness (QED) is 0.517. The predicted molar refractivity (Wildman–Crippen MR) is 98.6 cm³/mol. The van der Waals surface area contributed by atoms with Crippen molar-refractivity contribution < 1.29 is 18.7 Å². The van der Waals surface area contributed by atoms with Gasteiger partial charge in [0.2, 0.25) is 0 Å². The molecule has 1 aromatic heterocycles. The van der Waals surface area contributed by atoms with Gasteiger partial charge in [-0.2, -0.15) is 10.2 Å². The second-order valence-electron chi connectivity index (χ2n) is 5.49. The van der Waals surface area contributed by atoms with Crippen LogP contribution in [0.3, 0.4) is 0 Å². The zero-order chi connectivity index (χ0) is 19.2. The van der Waals surface area contributed by atoms with Gasteiger partial charge in [0, 0.05) is 5.56 Å². The molecule has 138 valence electrons. The fourth-order valence-corrected chi connectivity index (χ4v) is 2.36. The predicted octanol–water partition coefficient (Wildman–Crippen LogP) is 3.00. The summed E-state index contributed by atoms with van der Waals surface area (Å²) in [5.74, 6) is 0.377. The molecule has 3 aromatic rings. The summed E-state index contributed by atoms with van der Waals surface area (Å²) >= 11 is 0. The van der Waals surface area contributed by atoms with E-state index in [1.165, 1.54) is 18.3 Å². The summed E-state index contributed by atoms with van der Waals surface area (Å²) < 4.78 is 23.3. The first-order valence-corrected chi connectivity index (χ1v) is 7.97. The minimum absolute atomic E-state index is 0.246. The molecule has 0 atom stereocenters. The molecule has 0 radical (unpaired) electrons. The summed E-state index contributed by atoms with van der Waals surface area (Å²) in [4.78, 5) is 12.2. The Bertz CT molecular complexity index is 967. The van der Waals surface area contributed by atoms with E-state index in [1.807, 2.05) is 6.07 Å². The number of nitrogens with zero attached hydrogens (tertiary/aromatic N) is 2. The molecule has 0 fully saturated rings. The fraction of sp³-hybridized carbons (Fsp3) is 0.105. The molecule has 2 N–H and O–H groups in total. The third-order valence-electron chi connectivity index (χ3n) is 3.75. The van der Waals surface area contributed by atoms with Crippen molar-refractivity contribution in [1.82, 2.24) is 15.6 Å². The minimum atomic E-state index is -0.451. The van der Waals surface area contributed by atoms with Crippen LogP contribution in [0.5, 0.6) is 11.5 Å². The molecule has 0 aliphatic rings. The molecule has 0 aliphatic carbocycles. The van der Waals surface area contributed by atoms with E-state index >= 15 is 0 Å². The molecule has 0 spiro atoms. The van der Waals surface area contributed by atoms with Crippen molar-refractivity contribution in [2.24, 2.45) is 5.10 Å². The van der Waals surface area contributed by atoms with E-state index in [-0.39, 0.29) is 11.5 Å². The second kappa shape index (κ2) is 8.13. The third kappa shape index (κ3) is 4.30. The lowest BCUT2D eigenvalue weighted by molar-refractivity contribution is 0.0950. The van der Waals surface area contributed by atoms with Gasteiger partial charge in [0.25, 0.3) is 5.91 Å². The van der Waals surface area contributed by atoms with Crippen LogP contribution in [0, 0.1) is 5.82 Å². The van der Waals surface area contributed by atoms with Crippen molar-refractivity contribution in [3.8, 4) is 22.8 Å². The standard InChI is InChI=1S/C19H17FN4O3/c1-26-17-8-5-13(9-18(17)27-2)15-10-16(23-22-15)19(25)24-21-11-12-3-6-14(20)7-4-12/h3-11H,1-2H3,(H,22,23)(H,24,25). The van der Waals surface area contributed by atoms with Crippen molar-refractivity contribution >= 4 is 12.1 Å². The zero-order valence-corrected chi connectivity index (χ0v) is 14.7. The number of hydrazone groups is 1. The molecule has 1 heterocycles. The van der Waals surface area contributed by atoms with Gasteiger partial charge in [0.15, 0.2) is 11.5 Å². The fourth-order valence-electron chi connectivity index (χ4n) is 2.36. The Morgan fingerprint density at radius 1 is 1.11 bits per heavy atom. The number of ether oxygens (including phenoxy) is 2. The topological polar surface area (TPSA) is 88.6 Å². The number of hydrogen-bond acceptors (Lipinski definition) is 5. The lowest BCUT2D eigenvalue weighted by Crippen LogP contribution is -2.17. The SMILES string of the molecule is COc1ccc(-c2cc(C(=O)NN=Cc3ccc(F)cc3)[nH]n2)cc1OC. The largest absolute Gasteiger partial charge is 0.493 e. The Morgan fingerprint density at radius 3 is 2.56 bits per heavy atom. The molecule has 2 aromatic carbocycles. The summed E-state index contributed by atoms with van der Waals surface area (Å²) in [5.41, 5.74) is 4.63. The van der Waals surface area contributed by atoms with E-state index in [0.29, 0.717) is 22.8 Å². The number of halogens is 1. The highest BCUT2D eigenvalue weighted by Gasteiger charge is 2.12. The van der Waals surface area contributed by atoms with Crippen LogP contribution in [0.15, 0.2) is 53.6 Å². The van der Waals surface area contributed by atoms with Gasteiger partial charge in [0.05, 0.1) is 26.1 Å². The summed E-state index contributed by atoms with van der Waals surface area (Å²) in [6.45, 7) is 0. The maximum Gasteiger partial charge on any atom is 0.289 e. The number of hydrogen-bond donors (Lipinski definition) is 2. The molecule has 0 aliphatic heterocycles. The van der Waals surface area contributed by atoms with Crippen LogP contribution in [-0.4, -0.2) is 36.5 Å². The van der Waals surface area contributed by atoms with Gasteiger partial charge < -0.3 is 9.47 Å². The Balaban J connectivity index is 1.69. The number of aromatic amines is 1. The Hall–Kier alpha value is -3.68. The van der Waals surface area contributed by atoms with Crippen LogP contribution < -0.4 is 14.9 Å². The number of nitrogens with one attached hydrogen (secondary N) is 2. The molecule has 0 saturated heterocycles. The van der Waals surface area contributed by atoms with Crippen molar-refractivity contribution in [2.45, 2.75) is 0 Å². The molecule has 8 heteroatoms. The second-order valence-corrected chi connectivity index (χ2v) is 5.49. The molecule has 1 amide bonds. The van der Waals surface area contributed by atoms with Gasteiger partial charge in [-0.05, 0) is 42.0 Å². The van der Waals surface area contributed by atoms with Crippen LogP contribution in [0.4, 0.5) is 4.39 Å². The first-order chi connectivity index (χ1) is 13.1. The van der Waals surface area contributed by atoms with Crippen LogP contribution in [0.1, 0.15) is 16.1 Å². The van der Waals surface area contributed by atoms with Crippen molar-refractivity contribution in [3.05, 3.63) is 65.6 Å². The average molecular weight is 368 g/mol. The monoisotopic (exact) mass is 368 g/mol. The molecule has 27 heavy (non-hydrogen) atoms. The first-order valence-electron chi connectivity index (χ1n) is 7.97. The van der Waals surface area contributed by atoms with Gasteiger partial charge in [-0.15, -0.1) is 0 Å². The Kier molecular flexibility index (Phi) is 5.46. The maximum absolute atomic E-state index is 12.9. The van der Waals surface area contributed by atoms with E-state index < -0.39 is 5.91 Å². The molecule has 0 saturated carbocycles. The van der Waals surface area contributed by atoms with Crippen molar-refractivity contribution in [2.75, 3.05) is 14.2 Å². The Morgan fingerprint density at radius 2 is 1.85 bits per heavy atom. The van der Waals surface area contributed by atoms with Gasteiger partial charge in [-0.3, -0.25) is 9.89 Å². The number of benzene rings is 2. The van der Waals surface area contributed by atoms with Crippen molar-refractivity contribution in [3.63, 3.8) is 0 Å². The van der Waals surface area contributed by atoms with Crippen LogP contribution >= 0.6 is 0 Å². The number of H-pyrrole nitrogens is 1. The number of carbonyl (C=O) groups excluding carboxylic acids is 1. The van der Waals surface area contributed by atoms with E-state index in [9.17, 15) is 9.18 Å². The third-order valence-corrected chi connectivity index (χ3v) is 3.75. The van der Waals surface area contributed by atoms with Gasteiger partial charge in [0.1, 0.15) is 11.5 Å². The van der Waals surface area contributed by atoms with Crippen molar-refractivity contribution in [1.29, 1.82) is 0 Å². The highest BCUT2D eigenvalue weighted by atomic mass is 19.1. The smallest absolute Gasteiger partial charge is 0.289 e.